The lowest BCUT2D eigenvalue weighted by Crippen LogP contribution is -2.54. The lowest BCUT2D eigenvalue weighted by atomic mass is 9.96. The topological polar surface area (TPSA) is 84.0 Å². The molecule has 1 aliphatic heterocycles. The number of methoxy groups -OCH3 is 1. The molecule has 0 bridgehead atoms. The third-order valence-electron chi connectivity index (χ3n) is 7.55. The fraction of sp³-hybridized carbons (Fsp3) is 0.621. The highest BCUT2D eigenvalue weighted by atomic mass is 19.1. The van der Waals surface area contributed by atoms with Gasteiger partial charge in [-0.3, -0.25) is 9.59 Å². The number of benzene rings is 1. The van der Waals surface area contributed by atoms with Crippen LogP contribution in [-0.4, -0.2) is 84.2 Å². The molecule has 2 heterocycles. The van der Waals surface area contributed by atoms with Gasteiger partial charge in [-0.15, -0.1) is 0 Å². The molecule has 2 atom stereocenters. The van der Waals surface area contributed by atoms with Crippen molar-refractivity contribution < 1.29 is 27.8 Å². The predicted molar refractivity (Wildman–Crippen MR) is 145 cm³/mol. The number of hydrogen-bond donors (Lipinski definition) is 1. The smallest absolute Gasteiger partial charge is 0.273 e. The van der Waals surface area contributed by atoms with E-state index in [2.05, 4.69) is 10.3 Å². The Morgan fingerprint density at radius 2 is 1.85 bits per heavy atom. The minimum absolute atomic E-state index is 0.0621. The number of aromatic nitrogens is 1. The number of pyridine rings is 1. The Hall–Kier alpha value is -2.85. The summed E-state index contributed by atoms with van der Waals surface area (Å²) in [7, 11) is 1.58. The Balaban J connectivity index is 1.48. The summed E-state index contributed by atoms with van der Waals surface area (Å²) >= 11 is 0. The molecule has 214 valence electrons. The van der Waals surface area contributed by atoms with Crippen LogP contribution in [0.25, 0.3) is 10.9 Å². The van der Waals surface area contributed by atoms with Gasteiger partial charge in [0.1, 0.15) is 22.8 Å². The van der Waals surface area contributed by atoms with E-state index in [4.69, 9.17) is 9.47 Å². The second kappa shape index (κ2) is 13.0. The molecule has 2 amide bonds. The first kappa shape index (κ1) is 29.1. The molecule has 4 rings (SSSR count). The number of carbonyl (C=O) groups excluding carboxylic acids is 2. The molecular formula is C29H40F2N4O4. The molecule has 1 aromatic heterocycles. The van der Waals surface area contributed by atoms with E-state index in [1.165, 1.54) is 12.1 Å². The van der Waals surface area contributed by atoms with Crippen molar-refractivity contribution >= 4 is 22.7 Å². The van der Waals surface area contributed by atoms with Crippen LogP contribution in [-0.2, 0) is 9.53 Å². The Bertz CT molecular complexity index is 1170. The summed E-state index contributed by atoms with van der Waals surface area (Å²) in [5.74, 6) is -1.55. The summed E-state index contributed by atoms with van der Waals surface area (Å²) in [6.07, 6.45) is 5.33. The van der Waals surface area contributed by atoms with Crippen LogP contribution in [0.1, 0.15) is 69.8 Å². The molecular weight excluding hydrogens is 506 g/mol. The first-order valence-corrected chi connectivity index (χ1v) is 13.9. The van der Waals surface area contributed by atoms with Gasteiger partial charge in [0.25, 0.3) is 5.91 Å². The number of ether oxygens (including phenoxy) is 2. The van der Waals surface area contributed by atoms with Crippen LogP contribution in [0.15, 0.2) is 18.2 Å². The van der Waals surface area contributed by atoms with E-state index >= 15 is 0 Å². The van der Waals surface area contributed by atoms with Crippen LogP contribution >= 0.6 is 0 Å². The molecule has 2 fully saturated rings. The highest BCUT2D eigenvalue weighted by Gasteiger charge is 2.34. The van der Waals surface area contributed by atoms with Crippen molar-refractivity contribution in [1.29, 1.82) is 0 Å². The standard InChI is InChI=1S/C29H40F2N4O4/c1-18(2)35(23-7-6-21(32-17-23)10-11-34(19(3)36)22-8-9-22)29(37)26-16-27(39-13-5-12-38-4)24-14-20(30)15-25(31)28(24)33-26/h14-16,18,21-23,32H,5-13,17H2,1-4H3/t21-,23+/m0/s1. The first-order valence-electron chi connectivity index (χ1n) is 13.9. The maximum Gasteiger partial charge on any atom is 0.273 e. The van der Waals surface area contributed by atoms with E-state index in [9.17, 15) is 18.4 Å². The van der Waals surface area contributed by atoms with Gasteiger partial charge in [0, 0.05) is 81.8 Å². The number of carbonyl (C=O) groups is 2. The van der Waals surface area contributed by atoms with Gasteiger partial charge in [0.2, 0.25) is 5.91 Å². The zero-order chi connectivity index (χ0) is 28.1. The van der Waals surface area contributed by atoms with Crippen molar-refractivity contribution in [3.63, 3.8) is 0 Å². The van der Waals surface area contributed by atoms with Gasteiger partial charge in [0.05, 0.1) is 6.61 Å². The van der Waals surface area contributed by atoms with Gasteiger partial charge in [-0.2, -0.15) is 0 Å². The van der Waals surface area contributed by atoms with Crippen LogP contribution in [0, 0.1) is 11.6 Å². The van der Waals surface area contributed by atoms with Crippen molar-refractivity contribution in [2.24, 2.45) is 0 Å². The maximum atomic E-state index is 14.8. The molecule has 1 saturated carbocycles. The van der Waals surface area contributed by atoms with E-state index in [1.54, 1.807) is 18.9 Å². The van der Waals surface area contributed by atoms with E-state index in [0.29, 0.717) is 25.6 Å². The fourth-order valence-electron chi connectivity index (χ4n) is 5.45. The SMILES string of the molecule is COCCCOc1cc(C(=O)N(C(C)C)[C@@H]2CC[C@@H](CCN(C(C)=O)C3CC3)NC2)nc2c(F)cc(F)cc12. The molecule has 2 aromatic rings. The molecule has 1 aromatic carbocycles. The molecule has 1 N–H and O–H groups in total. The molecule has 0 radical (unpaired) electrons. The summed E-state index contributed by atoms with van der Waals surface area (Å²) in [5, 5.41) is 3.76. The second-order valence-corrected chi connectivity index (χ2v) is 10.9. The summed E-state index contributed by atoms with van der Waals surface area (Å²) in [5.41, 5.74) is -0.0349. The first-order chi connectivity index (χ1) is 18.7. The van der Waals surface area contributed by atoms with Crippen LogP contribution < -0.4 is 10.1 Å². The largest absolute Gasteiger partial charge is 0.493 e. The molecule has 1 saturated heterocycles. The van der Waals surface area contributed by atoms with Crippen molar-refractivity contribution in [3.05, 3.63) is 35.5 Å². The second-order valence-electron chi connectivity index (χ2n) is 10.9. The lowest BCUT2D eigenvalue weighted by Gasteiger charge is -2.40. The third kappa shape index (κ3) is 7.22. The minimum atomic E-state index is -0.842. The molecule has 8 nitrogen and oxygen atoms in total. The monoisotopic (exact) mass is 546 g/mol. The highest BCUT2D eigenvalue weighted by Crippen LogP contribution is 2.31. The number of hydrogen-bond acceptors (Lipinski definition) is 6. The van der Waals surface area contributed by atoms with E-state index in [0.717, 1.165) is 44.7 Å². The van der Waals surface area contributed by atoms with Gasteiger partial charge in [0.15, 0.2) is 5.82 Å². The van der Waals surface area contributed by atoms with Crippen LogP contribution in [0.4, 0.5) is 8.78 Å². The number of nitrogens with zero attached hydrogens (tertiary/aromatic N) is 3. The lowest BCUT2D eigenvalue weighted by molar-refractivity contribution is -0.129. The molecule has 0 spiro atoms. The third-order valence-corrected chi connectivity index (χ3v) is 7.55. The van der Waals surface area contributed by atoms with E-state index in [-0.39, 0.29) is 58.9 Å². The highest BCUT2D eigenvalue weighted by molar-refractivity contribution is 5.97. The van der Waals surface area contributed by atoms with Crippen LogP contribution in [0.5, 0.6) is 5.75 Å². The number of fused-ring (bicyclic) bond motifs is 1. The molecule has 2 aliphatic rings. The zero-order valence-electron chi connectivity index (χ0n) is 23.3. The van der Waals surface area contributed by atoms with Gasteiger partial charge < -0.3 is 24.6 Å². The van der Waals surface area contributed by atoms with Gasteiger partial charge in [-0.05, 0) is 52.0 Å². The number of amides is 2. The summed E-state index contributed by atoms with van der Waals surface area (Å²) in [4.78, 5) is 33.9. The summed E-state index contributed by atoms with van der Waals surface area (Å²) in [6, 6.07) is 3.92. The average Bonchev–Trinajstić information content (AvgIpc) is 3.72. The summed E-state index contributed by atoms with van der Waals surface area (Å²) in [6.45, 7) is 7.63. The average molecular weight is 547 g/mol. The number of rotatable bonds is 12. The fourth-order valence-corrected chi connectivity index (χ4v) is 5.45. The minimum Gasteiger partial charge on any atom is -0.493 e. The van der Waals surface area contributed by atoms with Crippen molar-refractivity contribution in [3.8, 4) is 5.75 Å². The van der Waals surface area contributed by atoms with Gasteiger partial charge >= 0.3 is 0 Å². The summed E-state index contributed by atoms with van der Waals surface area (Å²) < 4.78 is 39.7. The number of halogens is 2. The van der Waals surface area contributed by atoms with Crippen molar-refractivity contribution in [2.75, 3.05) is 33.4 Å². The van der Waals surface area contributed by atoms with E-state index in [1.807, 2.05) is 18.7 Å². The molecule has 10 heteroatoms. The Kier molecular flexibility index (Phi) is 9.71. The quantitative estimate of drug-likeness (QED) is 0.400. The van der Waals surface area contributed by atoms with Crippen LogP contribution in [0.3, 0.4) is 0 Å². The van der Waals surface area contributed by atoms with Crippen molar-refractivity contribution in [1.82, 2.24) is 20.1 Å². The zero-order valence-corrected chi connectivity index (χ0v) is 23.3. The Morgan fingerprint density at radius 3 is 2.46 bits per heavy atom. The Morgan fingerprint density at radius 1 is 1.10 bits per heavy atom. The van der Waals surface area contributed by atoms with Gasteiger partial charge in [-0.1, -0.05) is 0 Å². The predicted octanol–water partition coefficient (Wildman–Crippen LogP) is 4.30. The van der Waals surface area contributed by atoms with E-state index < -0.39 is 11.6 Å². The normalized spacial score (nSPS) is 19.4. The maximum absolute atomic E-state index is 14.8. The van der Waals surface area contributed by atoms with Crippen molar-refractivity contribution in [2.45, 2.75) is 83.5 Å². The molecule has 1 aliphatic carbocycles. The van der Waals surface area contributed by atoms with Crippen LogP contribution in [0.2, 0.25) is 0 Å². The molecule has 39 heavy (non-hydrogen) atoms. The molecule has 0 unspecified atom stereocenters. The number of piperidine rings is 1. The van der Waals surface area contributed by atoms with Gasteiger partial charge in [-0.25, -0.2) is 13.8 Å². The number of nitrogens with one attached hydrogen (secondary N) is 1. The Labute approximate surface area is 229 Å².